The minimum Gasteiger partial charge on any atom is -0.481 e. The Labute approximate surface area is 398 Å². The summed E-state index contributed by atoms with van der Waals surface area (Å²) < 4.78 is 0. The van der Waals surface area contributed by atoms with Crippen molar-refractivity contribution in [1.82, 2.24) is 53.2 Å². The summed E-state index contributed by atoms with van der Waals surface area (Å²) in [5.74, 6) is -11.6. The van der Waals surface area contributed by atoms with Crippen LogP contribution in [0.15, 0.2) is 4.99 Å². The van der Waals surface area contributed by atoms with E-state index in [4.69, 9.17) is 22.9 Å². The van der Waals surface area contributed by atoms with Crippen LogP contribution < -0.4 is 76.1 Å². The maximum Gasteiger partial charge on any atom is 0.326 e. The zero-order chi connectivity index (χ0) is 53.3. The highest BCUT2D eigenvalue weighted by atomic mass is 16.4. The van der Waals surface area contributed by atoms with Gasteiger partial charge in [0.15, 0.2) is 5.96 Å². The molecule has 10 amide bonds. The van der Waals surface area contributed by atoms with E-state index in [0.717, 1.165) is 0 Å². The van der Waals surface area contributed by atoms with Crippen molar-refractivity contribution in [3.8, 4) is 0 Å². The van der Waals surface area contributed by atoms with Crippen LogP contribution in [0, 0.1) is 0 Å². The Morgan fingerprint density at radius 2 is 0.725 bits per heavy atom. The predicted molar refractivity (Wildman–Crippen MR) is 245 cm³/mol. The number of nitrogens with zero attached hydrogens (tertiary/aromatic N) is 1. The molecule has 0 bridgehead atoms. The third-order valence-electron chi connectivity index (χ3n) is 9.89. The van der Waals surface area contributed by atoms with Gasteiger partial charge >= 0.3 is 11.9 Å². The molecule has 390 valence electrons. The minimum atomic E-state index is -1.78. The summed E-state index contributed by atoms with van der Waals surface area (Å²) in [6.07, 6.45) is 0.756. The number of amides is 10. The van der Waals surface area contributed by atoms with Gasteiger partial charge in [0.1, 0.15) is 60.4 Å². The fraction of sp³-hybridized carbons (Fsp3) is 0.675. The highest BCUT2D eigenvalue weighted by molar-refractivity contribution is 5.99. The smallest absolute Gasteiger partial charge is 0.326 e. The lowest BCUT2D eigenvalue weighted by atomic mass is 10.1. The van der Waals surface area contributed by atoms with Gasteiger partial charge in [0.05, 0.1) is 12.5 Å². The summed E-state index contributed by atoms with van der Waals surface area (Å²) in [6, 6.07) is -14.1. The van der Waals surface area contributed by atoms with Crippen LogP contribution in [0.4, 0.5) is 0 Å². The molecule has 0 fully saturated rings. The number of carboxylic acids is 2. The largest absolute Gasteiger partial charge is 0.481 e. The fourth-order valence-electron chi connectivity index (χ4n) is 5.57. The van der Waals surface area contributed by atoms with Gasteiger partial charge in [0.25, 0.3) is 0 Å². The van der Waals surface area contributed by atoms with Crippen molar-refractivity contribution in [2.75, 3.05) is 13.1 Å². The Morgan fingerprint density at radius 3 is 1.03 bits per heavy atom. The number of rotatable bonds is 31. The van der Waals surface area contributed by atoms with E-state index in [1.165, 1.54) is 55.4 Å². The van der Waals surface area contributed by atoms with Crippen molar-refractivity contribution < 1.29 is 67.7 Å². The van der Waals surface area contributed by atoms with Crippen LogP contribution in [0.2, 0.25) is 0 Å². The van der Waals surface area contributed by atoms with Crippen LogP contribution in [-0.2, 0) is 57.5 Å². The van der Waals surface area contributed by atoms with Gasteiger partial charge in [0, 0.05) is 6.54 Å². The summed E-state index contributed by atoms with van der Waals surface area (Å²) in [6.45, 7) is 10.7. The van der Waals surface area contributed by atoms with Crippen molar-refractivity contribution in [2.45, 2.75) is 160 Å². The summed E-state index contributed by atoms with van der Waals surface area (Å²) >= 11 is 0. The molecule has 0 unspecified atom stereocenters. The van der Waals surface area contributed by atoms with Crippen LogP contribution >= 0.6 is 0 Å². The number of unbranched alkanes of at least 4 members (excludes halogenated alkanes) is 1. The predicted octanol–water partition coefficient (Wildman–Crippen LogP) is -6.94. The molecule has 69 heavy (non-hydrogen) atoms. The van der Waals surface area contributed by atoms with Crippen LogP contribution in [0.5, 0.6) is 0 Å². The second-order valence-electron chi connectivity index (χ2n) is 16.2. The van der Waals surface area contributed by atoms with Gasteiger partial charge in [0.2, 0.25) is 59.1 Å². The zero-order valence-corrected chi connectivity index (χ0v) is 40.1. The molecule has 0 saturated heterocycles. The van der Waals surface area contributed by atoms with Crippen LogP contribution in [0.25, 0.3) is 0 Å². The molecular formula is C40H71N15O14. The molecular weight excluding hydrogens is 915 g/mol. The highest BCUT2D eigenvalue weighted by Gasteiger charge is 2.32. The molecule has 0 aromatic rings. The van der Waals surface area contributed by atoms with Crippen molar-refractivity contribution in [1.29, 1.82) is 0 Å². The Balaban J connectivity index is 5.20. The Hall–Kier alpha value is -7.17. The molecule has 0 radical (unpaired) electrons. The number of aliphatic carboxylic acids is 2. The van der Waals surface area contributed by atoms with Gasteiger partial charge in [-0.15, -0.1) is 0 Å². The van der Waals surface area contributed by atoms with Crippen molar-refractivity contribution in [3.05, 3.63) is 0 Å². The average molecular weight is 986 g/mol. The van der Waals surface area contributed by atoms with Crippen molar-refractivity contribution >= 4 is 77.0 Å². The van der Waals surface area contributed by atoms with Gasteiger partial charge in [-0.3, -0.25) is 57.7 Å². The maximum atomic E-state index is 13.1. The second-order valence-corrected chi connectivity index (χ2v) is 16.2. The molecule has 0 aliphatic carbocycles. The Morgan fingerprint density at radius 1 is 0.420 bits per heavy atom. The summed E-state index contributed by atoms with van der Waals surface area (Å²) in [5.41, 5.74) is 21.8. The molecule has 11 atom stereocenters. The van der Waals surface area contributed by atoms with E-state index in [0.29, 0.717) is 25.8 Å². The normalized spacial score (nSPS) is 15.6. The molecule has 0 saturated carbocycles. The number of nitrogens with two attached hydrogens (primary N) is 4. The number of aliphatic imine (C=N–C) groups is 1. The van der Waals surface area contributed by atoms with E-state index in [1.54, 1.807) is 0 Å². The van der Waals surface area contributed by atoms with Crippen LogP contribution in [-0.4, -0.2) is 167 Å². The van der Waals surface area contributed by atoms with Gasteiger partial charge in [-0.25, -0.2) is 4.79 Å². The molecule has 0 aromatic carbocycles. The SMILES string of the molecule is C[C@H](NC(=O)[C@H](C)NC(=O)[C@H](C)NC(=O)[C@H](CC(=O)O)NC(=O)[C@H](C)NC(=O)[C@H](C)NC(=O)[C@H](C)NC(=O)[C@H](C)NC(=O)[C@@H](N)CCCN=C(N)N)C(=O)N[C@@H](C)C(=O)N[C@@H](CCCCN)C(=O)O. The first kappa shape index (κ1) is 61.8. The lowest BCUT2D eigenvalue weighted by molar-refractivity contribution is -0.142. The lowest BCUT2D eigenvalue weighted by Crippen LogP contribution is -2.59. The summed E-state index contributed by atoms with van der Waals surface area (Å²) in [5, 5.41) is 42.0. The van der Waals surface area contributed by atoms with Crippen molar-refractivity contribution in [3.63, 3.8) is 0 Å². The first-order valence-electron chi connectivity index (χ1n) is 22.0. The summed E-state index contributed by atoms with van der Waals surface area (Å²) in [7, 11) is 0. The van der Waals surface area contributed by atoms with Gasteiger partial charge in [-0.2, -0.15) is 0 Å². The Bertz CT molecular complexity index is 1880. The van der Waals surface area contributed by atoms with Crippen molar-refractivity contribution in [2.24, 2.45) is 27.9 Å². The number of carboxylic acid groups (broad SMARTS) is 2. The number of guanidine groups is 1. The standard InChI is InChI=1S/C40H71N15O14/c1-17(48-33(62)21(5)52-37(66)25(42)12-11-15-45-40(43)44)29(58)47-20(4)32(61)51-24(8)36(65)55-27(16-28(56)57)38(67)53-22(6)34(63)49-18(2)30(59)46-19(3)31(60)50-23(7)35(64)54-26(39(68)69)13-9-10-14-41/h17-27H,9-16,41-42H2,1-8H3,(H,46,59)(H,47,58)(H,48,62)(H,49,63)(H,50,60)(H,51,61)(H,52,66)(H,53,67)(H,54,64)(H,55,65)(H,56,57)(H,68,69)(H4,43,44,45)/t17-,18-,19-,20-,21-,22-,23-,24-,25-,26-,27-/m0/s1. The molecule has 0 rings (SSSR count). The van der Waals surface area contributed by atoms with E-state index in [2.05, 4.69) is 58.2 Å². The second kappa shape index (κ2) is 31.0. The zero-order valence-electron chi connectivity index (χ0n) is 40.1. The van der Waals surface area contributed by atoms with E-state index in [9.17, 15) is 67.7 Å². The van der Waals surface area contributed by atoms with E-state index in [1.807, 2.05) is 0 Å². The molecule has 0 heterocycles. The van der Waals surface area contributed by atoms with E-state index < -0.39 is 144 Å². The molecule has 0 aliphatic rings. The molecule has 29 nitrogen and oxygen atoms in total. The quantitative estimate of drug-likeness (QED) is 0.0174. The molecule has 20 N–H and O–H groups in total. The molecule has 0 spiro atoms. The molecule has 0 aromatic heterocycles. The van der Waals surface area contributed by atoms with Crippen LogP contribution in [0.3, 0.4) is 0 Å². The monoisotopic (exact) mass is 986 g/mol. The van der Waals surface area contributed by atoms with Gasteiger partial charge in [-0.05, 0) is 94.0 Å². The first-order valence-corrected chi connectivity index (χ1v) is 22.0. The van der Waals surface area contributed by atoms with Crippen LogP contribution in [0.1, 0.15) is 93.9 Å². The van der Waals surface area contributed by atoms with Gasteiger partial charge in [-0.1, -0.05) is 0 Å². The summed E-state index contributed by atoms with van der Waals surface area (Å²) in [4.78, 5) is 155. The third kappa shape index (κ3) is 24.4. The average Bonchev–Trinajstić information content (AvgIpc) is 3.26. The first-order chi connectivity index (χ1) is 32.0. The number of hydrogen-bond acceptors (Lipinski definition) is 15. The third-order valence-corrected chi connectivity index (χ3v) is 9.89. The van der Waals surface area contributed by atoms with E-state index in [-0.39, 0.29) is 25.3 Å². The van der Waals surface area contributed by atoms with Gasteiger partial charge < -0.3 is 86.3 Å². The van der Waals surface area contributed by atoms with E-state index >= 15 is 0 Å². The highest BCUT2D eigenvalue weighted by Crippen LogP contribution is 2.03. The maximum absolute atomic E-state index is 13.1. The Kier molecular flexibility index (Phi) is 27.8. The topological polar surface area (TPSA) is 482 Å². The number of carbonyl (C=O) groups excluding carboxylic acids is 10. The number of nitrogens with one attached hydrogen (secondary N) is 10. The molecule has 29 heteroatoms. The fourth-order valence-corrected chi connectivity index (χ4v) is 5.57. The number of hydrogen-bond donors (Lipinski definition) is 16. The lowest BCUT2D eigenvalue weighted by Gasteiger charge is -2.24. The number of carbonyl (C=O) groups is 12. The molecule has 0 aliphatic heterocycles. The minimum absolute atomic E-state index is 0.112.